The number of nitrogens with zero attached hydrogens (tertiary/aromatic N) is 1. The van der Waals surface area contributed by atoms with Crippen molar-refractivity contribution in [1.29, 1.82) is 0 Å². The van der Waals surface area contributed by atoms with Crippen LogP contribution in [0.4, 0.5) is 0 Å². The number of piperidine rings is 1. The molecule has 2 aliphatic rings. The minimum Gasteiger partial charge on any atom is -0.392 e. The number of thiocarbonyl (C=S) groups is 1. The van der Waals surface area contributed by atoms with Gasteiger partial charge in [0.15, 0.2) is 0 Å². The van der Waals surface area contributed by atoms with Gasteiger partial charge in [-0.2, -0.15) is 0 Å². The van der Waals surface area contributed by atoms with E-state index in [1.165, 1.54) is 25.7 Å². The van der Waals surface area contributed by atoms with Crippen molar-refractivity contribution in [1.82, 2.24) is 4.90 Å². The average Bonchev–Trinajstić information content (AvgIpc) is 2.71. The molecule has 2 unspecified atom stereocenters. The first kappa shape index (κ1) is 11.3. The van der Waals surface area contributed by atoms with Gasteiger partial charge < -0.3 is 10.5 Å². The molecule has 86 valence electrons. The van der Waals surface area contributed by atoms with Gasteiger partial charge in [-0.25, -0.2) is 0 Å². The van der Waals surface area contributed by atoms with Gasteiger partial charge in [0.1, 0.15) is 0 Å². The van der Waals surface area contributed by atoms with Crippen molar-refractivity contribution in [2.75, 3.05) is 19.7 Å². The Morgan fingerprint density at radius 1 is 1.33 bits per heavy atom. The van der Waals surface area contributed by atoms with E-state index in [2.05, 4.69) is 4.90 Å². The molecular weight excluding hydrogens is 208 g/mol. The Morgan fingerprint density at radius 3 is 2.87 bits per heavy atom. The highest BCUT2D eigenvalue weighted by Gasteiger charge is 2.28. The molecule has 2 atom stereocenters. The van der Waals surface area contributed by atoms with Gasteiger partial charge in [-0.1, -0.05) is 18.6 Å². The molecule has 15 heavy (non-hydrogen) atoms. The van der Waals surface area contributed by atoms with Gasteiger partial charge in [-0.15, -0.1) is 0 Å². The maximum atomic E-state index is 5.78. The van der Waals surface area contributed by atoms with Crippen LogP contribution in [0.5, 0.6) is 0 Å². The zero-order valence-corrected chi connectivity index (χ0v) is 9.97. The molecule has 2 saturated heterocycles. The SMILES string of the molecule is NC(=S)C1CCCCN1CC1CCCO1. The molecule has 0 bridgehead atoms. The predicted molar refractivity (Wildman–Crippen MR) is 65.0 cm³/mol. The quantitative estimate of drug-likeness (QED) is 0.739. The van der Waals surface area contributed by atoms with E-state index in [4.69, 9.17) is 22.7 Å². The molecule has 0 aromatic heterocycles. The summed E-state index contributed by atoms with van der Waals surface area (Å²) in [6.45, 7) is 3.07. The molecule has 2 rings (SSSR count). The van der Waals surface area contributed by atoms with Gasteiger partial charge in [-0.05, 0) is 32.2 Å². The van der Waals surface area contributed by atoms with E-state index in [0.717, 1.165) is 26.1 Å². The van der Waals surface area contributed by atoms with E-state index < -0.39 is 0 Å². The third-order valence-corrected chi connectivity index (χ3v) is 3.68. The van der Waals surface area contributed by atoms with Crippen LogP contribution in [-0.4, -0.2) is 41.7 Å². The third kappa shape index (κ3) is 2.89. The maximum absolute atomic E-state index is 5.78. The van der Waals surface area contributed by atoms with Crippen LogP contribution >= 0.6 is 12.2 Å². The smallest absolute Gasteiger partial charge is 0.0902 e. The Morgan fingerprint density at radius 2 is 2.20 bits per heavy atom. The number of hydrogen-bond acceptors (Lipinski definition) is 3. The highest BCUT2D eigenvalue weighted by atomic mass is 32.1. The van der Waals surface area contributed by atoms with E-state index >= 15 is 0 Å². The molecule has 0 aromatic rings. The Hall–Kier alpha value is -0.190. The summed E-state index contributed by atoms with van der Waals surface area (Å²) < 4.78 is 5.66. The second-order valence-electron chi connectivity index (χ2n) is 4.54. The predicted octanol–water partition coefficient (Wildman–Crippen LogP) is 1.31. The van der Waals surface area contributed by atoms with Crippen molar-refractivity contribution < 1.29 is 4.74 Å². The summed E-state index contributed by atoms with van der Waals surface area (Å²) in [6.07, 6.45) is 6.47. The van der Waals surface area contributed by atoms with Gasteiger partial charge in [0.25, 0.3) is 0 Å². The molecular formula is C11H20N2OS. The first-order valence-electron chi connectivity index (χ1n) is 5.92. The maximum Gasteiger partial charge on any atom is 0.0902 e. The van der Waals surface area contributed by atoms with E-state index in [-0.39, 0.29) is 0 Å². The van der Waals surface area contributed by atoms with Crippen molar-refractivity contribution in [2.24, 2.45) is 5.73 Å². The van der Waals surface area contributed by atoms with Crippen LogP contribution in [0.1, 0.15) is 32.1 Å². The lowest BCUT2D eigenvalue weighted by atomic mass is 10.0. The summed E-state index contributed by atoms with van der Waals surface area (Å²) in [5.41, 5.74) is 5.78. The number of likely N-dealkylation sites (tertiary alicyclic amines) is 1. The van der Waals surface area contributed by atoms with Crippen molar-refractivity contribution in [3.8, 4) is 0 Å². The first-order chi connectivity index (χ1) is 7.27. The Labute approximate surface area is 96.9 Å². The topological polar surface area (TPSA) is 38.5 Å². The summed E-state index contributed by atoms with van der Waals surface area (Å²) in [6, 6.07) is 0.318. The van der Waals surface area contributed by atoms with E-state index in [1.54, 1.807) is 0 Å². The zero-order chi connectivity index (χ0) is 10.7. The molecule has 0 aromatic carbocycles. The summed E-state index contributed by atoms with van der Waals surface area (Å²) in [5, 5.41) is 0. The fourth-order valence-corrected chi connectivity index (χ4v) is 2.85. The largest absolute Gasteiger partial charge is 0.392 e. The molecule has 0 aliphatic carbocycles. The molecule has 2 fully saturated rings. The molecule has 0 spiro atoms. The fourth-order valence-electron chi connectivity index (χ4n) is 2.58. The number of nitrogens with two attached hydrogens (primary N) is 1. The van der Waals surface area contributed by atoms with Crippen LogP contribution in [0.2, 0.25) is 0 Å². The van der Waals surface area contributed by atoms with Crippen LogP contribution in [-0.2, 0) is 4.74 Å². The van der Waals surface area contributed by atoms with Crippen LogP contribution in [0.25, 0.3) is 0 Å². The minimum atomic E-state index is 0.318. The van der Waals surface area contributed by atoms with Crippen LogP contribution in [0.15, 0.2) is 0 Å². The second kappa shape index (κ2) is 5.23. The van der Waals surface area contributed by atoms with Crippen molar-refractivity contribution in [3.05, 3.63) is 0 Å². The van der Waals surface area contributed by atoms with Crippen LogP contribution in [0.3, 0.4) is 0 Å². The lowest BCUT2D eigenvalue weighted by molar-refractivity contribution is 0.0578. The lowest BCUT2D eigenvalue weighted by Gasteiger charge is -2.36. The number of hydrogen-bond donors (Lipinski definition) is 1. The van der Waals surface area contributed by atoms with Gasteiger partial charge in [-0.3, -0.25) is 4.90 Å². The summed E-state index contributed by atoms with van der Waals surface area (Å²) in [7, 11) is 0. The normalized spacial score (nSPS) is 33.1. The van der Waals surface area contributed by atoms with Crippen LogP contribution < -0.4 is 5.73 Å². The van der Waals surface area contributed by atoms with E-state index in [0.29, 0.717) is 17.1 Å². The van der Waals surface area contributed by atoms with E-state index in [1.807, 2.05) is 0 Å². The molecule has 2 N–H and O–H groups in total. The van der Waals surface area contributed by atoms with Gasteiger partial charge >= 0.3 is 0 Å². The van der Waals surface area contributed by atoms with E-state index in [9.17, 15) is 0 Å². The lowest BCUT2D eigenvalue weighted by Crippen LogP contribution is -2.49. The standard InChI is InChI=1S/C11H20N2OS/c12-11(15)10-5-1-2-6-13(10)8-9-4-3-7-14-9/h9-10H,1-8H2,(H2,12,15). The van der Waals surface area contributed by atoms with Crippen molar-refractivity contribution in [2.45, 2.75) is 44.2 Å². The van der Waals surface area contributed by atoms with Gasteiger partial charge in [0.2, 0.25) is 0 Å². The van der Waals surface area contributed by atoms with Gasteiger partial charge in [0.05, 0.1) is 17.1 Å². The Kier molecular flexibility index (Phi) is 3.94. The third-order valence-electron chi connectivity index (χ3n) is 3.40. The highest BCUT2D eigenvalue weighted by Crippen LogP contribution is 2.21. The molecule has 4 heteroatoms. The molecule has 0 saturated carbocycles. The minimum absolute atomic E-state index is 0.318. The number of rotatable bonds is 3. The van der Waals surface area contributed by atoms with Crippen molar-refractivity contribution >= 4 is 17.2 Å². The monoisotopic (exact) mass is 228 g/mol. The zero-order valence-electron chi connectivity index (χ0n) is 9.15. The fraction of sp³-hybridized carbons (Fsp3) is 0.909. The molecule has 2 aliphatic heterocycles. The highest BCUT2D eigenvalue weighted by molar-refractivity contribution is 7.80. The number of ether oxygens (including phenoxy) is 1. The van der Waals surface area contributed by atoms with Crippen molar-refractivity contribution in [3.63, 3.8) is 0 Å². The summed E-state index contributed by atoms with van der Waals surface area (Å²) >= 11 is 5.13. The van der Waals surface area contributed by atoms with Crippen LogP contribution in [0, 0.1) is 0 Å². The molecule has 0 radical (unpaired) electrons. The Balaban J connectivity index is 1.89. The Bertz CT molecular complexity index is 229. The molecule has 0 amide bonds. The van der Waals surface area contributed by atoms with Gasteiger partial charge in [0, 0.05) is 13.2 Å². The summed E-state index contributed by atoms with van der Waals surface area (Å²) in [5.74, 6) is 0. The molecule has 3 nitrogen and oxygen atoms in total. The average molecular weight is 228 g/mol. The molecule has 2 heterocycles. The summed E-state index contributed by atoms with van der Waals surface area (Å²) in [4.78, 5) is 3.08. The second-order valence-corrected chi connectivity index (χ2v) is 5.02. The first-order valence-corrected chi connectivity index (χ1v) is 6.33.